The maximum atomic E-state index is 12.8. The molecule has 0 amide bonds. The molecule has 2 aromatic heterocycles. The van der Waals surface area contributed by atoms with E-state index in [1.807, 2.05) is 6.92 Å². The molecule has 0 fully saturated rings. The molecule has 170 valence electrons. The van der Waals surface area contributed by atoms with E-state index in [1.54, 1.807) is 43.3 Å². The first-order valence-corrected chi connectivity index (χ1v) is 10.4. The standard InChI is InChI=1S/C25H22O8/c1-4-10-30-22(27)13-31-19-9-8-16-17(12-21(26)32-23(16)14(19)2)18-11-15-6-5-7-20(29-3)24(15)33-25(18)28/h5-9,11-12H,4,10,13H2,1-3H3. The van der Waals surface area contributed by atoms with Crippen molar-refractivity contribution in [3.05, 3.63) is 68.9 Å². The second-order valence-corrected chi connectivity index (χ2v) is 7.38. The molecule has 0 atom stereocenters. The van der Waals surface area contributed by atoms with Crippen molar-refractivity contribution < 1.29 is 27.8 Å². The van der Waals surface area contributed by atoms with Crippen LogP contribution < -0.4 is 20.7 Å². The van der Waals surface area contributed by atoms with Crippen molar-refractivity contribution in [3.8, 4) is 22.6 Å². The number of aryl methyl sites for hydroxylation is 1. The third-order valence-electron chi connectivity index (χ3n) is 5.16. The maximum absolute atomic E-state index is 12.8. The smallest absolute Gasteiger partial charge is 0.344 e. The molecule has 8 nitrogen and oxygen atoms in total. The highest BCUT2D eigenvalue weighted by atomic mass is 16.6. The van der Waals surface area contributed by atoms with E-state index in [-0.39, 0.29) is 17.8 Å². The number of esters is 1. The minimum absolute atomic E-state index is 0.213. The number of fused-ring (bicyclic) bond motifs is 2. The summed E-state index contributed by atoms with van der Waals surface area (Å²) in [7, 11) is 1.49. The summed E-state index contributed by atoms with van der Waals surface area (Å²) >= 11 is 0. The van der Waals surface area contributed by atoms with Crippen LogP contribution in [-0.4, -0.2) is 26.3 Å². The fourth-order valence-corrected chi connectivity index (χ4v) is 3.58. The van der Waals surface area contributed by atoms with Crippen LogP contribution in [0.2, 0.25) is 0 Å². The van der Waals surface area contributed by atoms with Crippen molar-refractivity contribution in [3.63, 3.8) is 0 Å². The Morgan fingerprint density at radius 2 is 1.79 bits per heavy atom. The van der Waals surface area contributed by atoms with Gasteiger partial charge < -0.3 is 23.0 Å². The van der Waals surface area contributed by atoms with Gasteiger partial charge in [-0.3, -0.25) is 0 Å². The van der Waals surface area contributed by atoms with Gasteiger partial charge in [-0.2, -0.15) is 0 Å². The first-order valence-electron chi connectivity index (χ1n) is 10.4. The van der Waals surface area contributed by atoms with Crippen LogP contribution >= 0.6 is 0 Å². The van der Waals surface area contributed by atoms with Crippen LogP contribution in [0.15, 0.2) is 60.9 Å². The Morgan fingerprint density at radius 3 is 2.55 bits per heavy atom. The van der Waals surface area contributed by atoms with E-state index in [2.05, 4.69) is 0 Å². The second-order valence-electron chi connectivity index (χ2n) is 7.38. The number of hydrogen-bond donors (Lipinski definition) is 0. The molecule has 4 rings (SSSR count). The van der Waals surface area contributed by atoms with Crippen LogP contribution in [0, 0.1) is 6.92 Å². The SMILES string of the molecule is CCCOC(=O)COc1ccc2c(-c3cc4cccc(OC)c4oc3=O)cc(=O)oc2c1C. The van der Waals surface area contributed by atoms with Crippen molar-refractivity contribution in [1.29, 1.82) is 0 Å². The highest BCUT2D eigenvalue weighted by molar-refractivity contribution is 5.97. The largest absolute Gasteiger partial charge is 0.493 e. The zero-order chi connectivity index (χ0) is 23.5. The highest BCUT2D eigenvalue weighted by Crippen LogP contribution is 2.34. The minimum atomic E-state index is -0.634. The van der Waals surface area contributed by atoms with Crippen LogP contribution in [0.3, 0.4) is 0 Å². The van der Waals surface area contributed by atoms with E-state index in [1.165, 1.54) is 13.2 Å². The molecule has 8 heteroatoms. The van der Waals surface area contributed by atoms with Crippen LogP contribution in [-0.2, 0) is 9.53 Å². The molecule has 0 bridgehead atoms. The van der Waals surface area contributed by atoms with Gasteiger partial charge in [0.25, 0.3) is 0 Å². The Bertz CT molecular complexity index is 1460. The van der Waals surface area contributed by atoms with E-state index in [0.717, 1.165) is 0 Å². The summed E-state index contributed by atoms with van der Waals surface area (Å²) in [4.78, 5) is 37.0. The lowest BCUT2D eigenvalue weighted by molar-refractivity contribution is -0.146. The summed E-state index contributed by atoms with van der Waals surface area (Å²) in [5.74, 6) is 0.311. The third-order valence-corrected chi connectivity index (χ3v) is 5.16. The average molecular weight is 450 g/mol. The van der Waals surface area contributed by atoms with Crippen molar-refractivity contribution in [2.45, 2.75) is 20.3 Å². The van der Waals surface area contributed by atoms with Gasteiger partial charge >= 0.3 is 17.2 Å². The Balaban J connectivity index is 1.81. The molecular weight excluding hydrogens is 428 g/mol. The molecule has 33 heavy (non-hydrogen) atoms. The highest BCUT2D eigenvalue weighted by Gasteiger charge is 2.18. The minimum Gasteiger partial charge on any atom is -0.493 e. The lowest BCUT2D eigenvalue weighted by atomic mass is 10.0. The van der Waals surface area contributed by atoms with E-state index >= 15 is 0 Å². The maximum Gasteiger partial charge on any atom is 0.344 e. The molecule has 2 aromatic carbocycles. The van der Waals surface area contributed by atoms with Crippen molar-refractivity contribution in [2.24, 2.45) is 0 Å². The van der Waals surface area contributed by atoms with Crippen molar-refractivity contribution in [1.82, 2.24) is 0 Å². The summed E-state index contributed by atoms with van der Waals surface area (Å²) in [6.07, 6.45) is 0.713. The molecule has 4 aromatic rings. The molecular formula is C25H22O8. The van der Waals surface area contributed by atoms with Gasteiger partial charge in [-0.05, 0) is 37.6 Å². The molecule has 0 aliphatic carbocycles. The first kappa shape index (κ1) is 22.1. The molecule has 0 saturated heterocycles. The molecule has 0 unspecified atom stereocenters. The Labute approximate surface area is 188 Å². The van der Waals surface area contributed by atoms with Gasteiger partial charge in [0, 0.05) is 28.0 Å². The number of methoxy groups -OCH3 is 1. The lowest BCUT2D eigenvalue weighted by Gasteiger charge is -2.12. The molecule has 0 spiro atoms. The zero-order valence-electron chi connectivity index (χ0n) is 18.4. The van der Waals surface area contributed by atoms with Gasteiger partial charge in [0.05, 0.1) is 19.3 Å². The molecule has 2 heterocycles. The summed E-state index contributed by atoms with van der Waals surface area (Å²) in [5, 5.41) is 1.18. The number of rotatable bonds is 7. The predicted molar refractivity (Wildman–Crippen MR) is 122 cm³/mol. The number of carbonyl (C=O) groups is 1. The molecule has 0 aliphatic heterocycles. The van der Waals surface area contributed by atoms with Gasteiger partial charge in [-0.1, -0.05) is 19.1 Å². The van der Waals surface area contributed by atoms with Crippen LogP contribution in [0.1, 0.15) is 18.9 Å². The number of ether oxygens (including phenoxy) is 3. The quantitative estimate of drug-likeness (QED) is 0.304. The van der Waals surface area contributed by atoms with E-state index in [9.17, 15) is 14.4 Å². The average Bonchev–Trinajstić information content (AvgIpc) is 2.81. The number of benzene rings is 2. The normalized spacial score (nSPS) is 11.0. The van der Waals surface area contributed by atoms with E-state index < -0.39 is 17.2 Å². The number of carbonyl (C=O) groups excluding carboxylic acids is 1. The molecule has 0 N–H and O–H groups in total. The Morgan fingerprint density at radius 1 is 0.970 bits per heavy atom. The van der Waals surface area contributed by atoms with Gasteiger partial charge in [0.2, 0.25) is 0 Å². The van der Waals surface area contributed by atoms with Crippen LogP contribution in [0.5, 0.6) is 11.5 Å². The van der Waals surface area contributed by atoms with Crippen molar-refractivity contribution >= 4 is 27.9 Å². The van der Waals surface area contributed by atoms with Crippen LogP contribution in [0.25, 0.3) is 33.1 Å². The third kappa shape index (κ3) is 4.32. The van der Waals surface area contributed by atoms with Gasteiger partial charge in [-0.25, -0.2) is 14.4 Å². The summed E-state index contributed by atoms with van der Waals surface area (Å²) in [5.41, 5.74) is 0.425. The number of para-hydroxylation sites is 1. The summed E-state index contributed by atoms with van der Waals surface area (Å²) in [6.45, 7) is 3.65. The molecule has 0 radical (unpaired) electrons. The van der Waals surface area contributed by atoms with E-state index in [4.69, 9.17) is 23.0 Å². The van der Waals surface area contributed by atoms with Crippen LogP contribution in [0.4, 0.5) is 0 Å². The monoisotopic (exact) mass is 450 g/mol. The Hall–Kier alpha value is -4.07. The second kappa shape index (κ2) is 9.20. The fraction of sp³-hybridized carbons (Fsp3) is 0.240. The molecule has 0 saturated carbocycles. The van der Waals surface area contributed by atoms with Gasteiger partial charge in [0.1, 0.15) is 11.3 Å². The van der Waals surface area contributed by atoms with Gasteiger partial charge in [0.15, 0.2) is 17.9 Å². The van der Waals surface area contributed by atoms with E-state index in [0.29, 0.717) is 52.0 Å². The topological polar surface area (TPSA) is 105 Å². The summed E-state index contributed by atoms with van der Waals surface area (Å²) < 4.78 is 26.8. The fourth-order valence-electron chi connectivity index (χ4n) is 3.58. The summed E-state index contributed by atoms with van der Waals surface area (Å²) in [6, 6.07) is 11.5. The lowest BCUT2D eigenvalue weighted by Crippen LogP contribution is -2.15. The number of hydrogen-bond acceptors (Lipinski definition) is 8. The zero-order valence-corrected chi connectivity index (χ0v) is 18.4. The Kier molecular flexibility index (Phi) is 6.17. The van der Waals surface area contributed by atoms with Gasteiger partial charge in [-0.15, -0.1) is 0 Å². The van der Waals surface area contributed by atoms with Crippen molar-refractivity contribution in [2.75, 3.05) is 20.3 Å². The predicted octanol–water partition coefficient (Wildman–Crippen LogP) is 4.22. The molecule has 0 aliphatic rings. The first-order chi connectivity index (χ1) is 15.9.